The quantitative estimate of drug-likeness (QED) is 0.613. The number of imidazole rings is 1. The molecule has 6 nitrogen and oxygen atoms in total. The van der Waals surface area contributed by atoms with Crippen LogP contribution in [0.2, 0.25) is 0 Å². The Hall–Kier alpha value is -3.15. The average molecular weight is 390 g/mol. The highest BCUT2D eigenvalue weighted by atomic mass is 16.2. The summed E-state index contributed by atoms with van der Waals surface area (Å²) >= 11 is 0. The molecular weight excluding hydrogens is 364 g/mol. The van der Waals surface area contributed by atoms with E-state index in [4.69, 9.17) is 0 Å². The van der Waals surface area contributed by atoms with E-state index < -0.39 is 0 Å². The summed E-state index contributed by atoms with van der Waals surface area (Å²) in [5, 5.41) is 5.95. The number of carbonyl (C=O) groups excluding carboxylic acids is 2. The van der Waals surface area contributed by atoms with Crippen molar-refractivity contribution in [3.63, 3.8) is 0 Å². The number of nitrogens with one attached hydrogen (secondary N) is 3. The second kappa shape index (κ2) is 8.07. The van der Waals surface area contributed by atoms with Gasteiger partial charge in [0, 0.05) is 29.8 Å². The fourth-order valence-electron chi connectivity index (χ4n) is 3.98. The van der Waals surface area contributed by atoms with E-state index in [1.54, 1.807) is 0 Å². The van der Waals surface area contributed by atoms with Crippen molar-refractivity contribution in [3.05, 3.63) is 48.0 Å². The molecule has 1 aromatic heterocycles. The fourth-order valence-corrected chi connectivity index (χ4v) is 3.98. The van der Waals surface area contributed by atoms with Gasteiger partial charge in [-0.05, 0) is 61.2 Å². The number of aromatic amines is 1. The van der Waals surface area contributed by atoms with E-state index in [1.807, 2.05) is 42.5 Å². The fraction of sp³-hybridized carbons (Fsp3) is 0.348. The van der Waals surface area contributed by atoms with Crippen LogP contribution in [0.1, 0.15) is 49.9 Å². The molecule has 1 fully saturated rings. The number of hydrogen-bond donors (Lipinski definition) is 3. The zero-order valence-corrected chi connectivity index (χ0v) is 16.8. The summed E-state index contributed by atoms with van der Waals surface area (Å²) in [4.78, 5) is 31.8. The summed E-state index contributed by atoms with van der Waals surface area (Å²) < 4.78 is 0. The van der Waals surface area contributed by atoms with Crippen molar-refractivity contribution < 1.29 is 9.59 Å². The summed E-state index contributed by atoms with van der Waals surface area (Å²) in [7, 11) is 0. The van der Waals surface area contributed by atoms with Gasteiger partial charge in [0.2, 0.25) is 5.91 Å². The highest BCUT2D eigenvalue weighted by Crippen LogP contribution is 2.25. The molecule has 29 heavy (non-hydrogen) atoms. The van der Waals surface area contributed by atoms with Crippen LogP contribution in [-0.2, 0) is 4.79 Å². The minimum absolute atomic E-state index is 0.0264. The third-order valence-electron chi connectivity index (χ3n) is 5.65. The molecule has 0 aliphatic heterocycles. The van der Waals surface area contributed by atoms with Crippen LogP contribution in [0.4, 0.5) is 5.69 Å². The predicted octanol–water partition coefficient (Wildman–Crippen LogP) is 4.50. The highest BCUT2D eigenvalue weighted by Gasteiger charge is 2.23. The van der Waals surface area contributed by atoms with Gasteiger partial charge in [0.05, 0.1) is 11.0 Å². The van der Waals surface area contributed by atoms with Crippen LogP contribution in [0.25, 0.3) is 22.4 Å². The summed E-state index contributed by atoms with van der Waals surface area (Å²) in [5.41, 5.74) is 3.95. The lowest BCUT2D eigenvalue weighted by Gasteiger charge is -2.29. The van der Waals surface area contributed by atoms with Crippen LogP contribution < -0.4 is 10.6 Å². The molecule has 0 radical (unpaired) electrons. The lowest BCUT2D eigenvalue weighted by atomic mass is 9.86. The summed E-state index contributed by atoms with van der Waals surface area (Å²) in [6, 6.07) is 13.3. The monoisotopic (exact) mass is 390 g/mol. The van der Waals surface area contributed by atoms with E-state index in [0.29, 0.717) is 11.5 Å². The van der Waals surface area contributed by atoms with Crippen molar-refractivity contribution in [1.29, 1.82) is 0 Å². The molecular formula is C23H26N4O2. The number of anilines is 1. The van der Waals surface area contributed by atoms with Crippen molar-refractivity contribution in [1.82, 2.24) is 15.3 Å². The number of carbonyl (C=O) groups is 2. The van der Waals surface area contributed by atoms with Crippen molar-refractivity contribution >= 4 is 28.5 Å². The molecule has 1 aliphatic carbocycles. The van der Waals surface area contributed by atoms with Gasteiger partial charge in [-0.25, -0.2) is 4.98 Å². The molecule has 1 aliphatic rings. The van der Waals surface area contributed by atoms with Gasteiger partial charge in [-0.1, -0.05) is 19.8 Å². The number of hydrogen-bond acceptors (Lipinski definition) is 3. The summed E-state index contributed by atoms with van der Waals surface area (Å²) in [6.07, 6.45) is 4.66. The van der Waals surface area contributed by atoms with Gasteiger partial charge >= 0.3 is 0 Å². The maximum absolute atomic E-state index is 12.7. The minimum atomic E-state index is -0.102. The van der Waals surface area contributed by atoms with Gasteiger partial charge < -0.3 is 15.6 Å². The standard InChI is InChI=1S/C23H26N4O2/c1-14-5-3-4-6-19(14)27-23(29)17-9-12-20-21(13-17)26-22(25-20)16-7-10-18(11-8-16)24-15(2)28/h7-14,19H,3-6H2,1-2H3,(H,24,28)(H,25,26)(H,27,29). The number of amides is 2. The van der Waals surface area contributed by atoms with Crippen LogP contribution >= 0.6 is 0 Å². The number of rotatable bonds is 4. The summed E-state index contributed by atoms with van der Waals surface area (Å²) in [6.45, 7) is 3.70. The molecule has 3 N–H and O–H groups in total. The van der Waals surface area contributed by atoms with Crippen molar-refractivity contribution in [2.45, 2.75) is 45.6 Å². The lowest BCUT2D eigenvalue weighted by Crippen LogP contribution is -2.41. The van der Waals surface area contributed by atoms with E-state index in [2.05, 4.69) is 27.5 Å². The average Bonchev–Trinajstić information content (AvgIpc) is 3.13. The van der Waals surface area contributed by atoms with E-state index in [0.717, 1.165) is 34.5 Å². The first-order chi connectivity index (χ1) is 14.0. The van der Waals surface area contributed by atoms with E-state index in [-0.39, 0.29) is 17.9 Å². The van der Waals surface area contributed by atoms with Gasteiger partial charge in [0.15, 0.2) is 0 Å². The number of benzene rings is 2. The van der Waals surface area contributed by atoms with Gasteiger partial charge in [-0.15, -0.1) is 0 Å². The zero-order chi connectivity index (χ0) is 20.4. The van der Waals surface area contributed by atoms with Gasteiger partial charge in [0.25, 0.3) is 5.91 Å². The van der Waals surface area contributed by atoms with E-state index >= 15 is 0 Å². The summed E-state index contributed by atoms with van der Waals surface area (Å²) in [5.74, 6) is 1.12. The first kappa shape index (κ1) is 19.2. The largest absolute Gasteiger partial charge is 0.349 e. The predicted molar refractivity (Wildman–Crippen MR) is 115 cm³/mol. The first-order valence-electron chi connectivity index (χ1n) is 10.2. The van der Waals surface area contributed by atoms with Crippen molar-refractivity contribution in [2.24, 2.45) is 5.92 Å². The number of nitrogens with zero attached hydrogens (tertiary/aromatic N) is 1. The Morgan fingerprint density at radius 1 is 1.07 bits per heavy atom. The Labute approximate surface area is 170 Å². The zero-order valence-electron chi connectivity index (χ0n) is 16.8. The number of aromatic nitrogens is 2. The molecule has 150 valence electrons. The Bertz CT molecular complexity index is 1040. The minimum Gasteiger partial charge on any atom is -0.349 e. The normalized spacial score (nSPS) is 19.1. The molecule has 2 aromatic carbocycles. The molecule has 4 rings (SSSR count). The van der Waals surface area contributed by atoms with E-state index in [1.165, 1.54) is 26.2 Å². The molecule has 6 heteroatoms. The van der Waals surface area contributed by atoms with Crippen LogP contribution in [0, 0.1) is 5.92 Å². The third kappa shape index (κ3) is 4.31. The lowest BCUT2D eigenvalue weighted by molar-refractivity contribution is -0.114. The van der Waals surface area contributed by atoms with Gasteiger partial charge in [-0.3, -0.25) is 9.59 Å². The topological polar surface area (TPSA) is 86.9 Å². The Morgan fingerprint density at radius 2 is 1.83 bits per heavy atom. The molecule has 1 saturated carbocycles. The van der Waals surface area contributed by atoms with Crippen LogP contribution in [-0.4, -0.2) is 27.8 Å². The SMILES string of the molecule is CC(=O)Nc1ccc(-c2nc3ccc(C(=O)NC4CCCCC4C)cc3[nH]2)cc1. The second-order valence-corrected chi connectivity index (χ2v) is 7.92. The smallest absolute Gasteiger partial charge is 0.251 e. The number of fused-ring (bicyclic) bond motifs is 1. The second-order valence-electron chi connectivity index (χ2n) is 7.92. The Balaban J connectivity index is 1.53. The highest BCUT2D eigenvalue weighted by molar-refractivity contribution is 5.98. The van der Waals surface area contributed by atoms with Crippen LogP contribution in [0.5, 0.6) is 0 Å². The molecule has 2 atom stereocenters. The third-order valence-corrected chi connectivity index (χ3v) is 5.65. The molecule has 2 unspecified atom stereocenters. The van der Waals surface area contributed by atoms with Crippen LogP contribution in [0.3, 0.4) is 0 Å². The molecule has 0 saturated heterocycles. The maximum Gasteiger partial charge on any atom is 0.251 e. The molecule has 0 spiro atoms. The Morgan fingerprint density at radius 3 is 2.55 bits per heavy atom. The molecule has 3 aromatic rings. The molecule has 0 bridgehead atoms. The molecule has 1 heterocycles. The van der Waals surface area contributed by atoms with Gasteiger partial charge in [-0.2, -0.15) is 0 Å². The van der Waals surface area contributed by atoms with Crippen LogP contribution in [0.15, 0.2) is 42.5 Å². The van der Waals surface area contributed by atoms with E-state index in [9.17, 15) is 9.59 Å². The van der Waals surface area contributed by atoms with Crippen molar-refractivity contribution in [3.8, 4) is 11.4 Å². The van der Waals surface area contributed by atoms with Gasteiger partial charge in [0.1, 0.15) is 5.82 Å². The number of H-pyrrole nitrogens is 1. The molecule has 2 amide bonds. The Kier molecular flexibility index (Phi) is 5.34. The van der Waals surface area contributed by atoms with Crippen molar-refractivity contribution in [2.75, 3.05) is 5.32 Å². The maximum atomic E-state index is 12.7. The first-order valence-corrected chi connectivity index (χ1v) is 10.2.